The maximum absolute atomic E-state index is 12.8. The van der Waals surface area contributed by atoms with Crippen molar-refractivity contribution in [2.24, 2.45) is 0 Å². The molecule has 0 aliphatic carbocycles. The van der Waals surface area contributed by atoms with Gasteiger partial charge >= 0.3 is 0 Å². The number of Topliss-reactive ketones (excluding diaryl/α,β-unsaturated/α-hetero) is 1. The zero-order valence-corrected chi connectivity index (χ0v) is 17.2. The fourth-order valence-electron chi connectivity index (χ4n) is 3.11. The van der Waals surface area contributed by atoms with E-state index in [1.807, 2.05) is 19.0 Å². The molecule has 8 heteroatoms. The van der Waals surface area contributed by atoms with E-state index in [4.69, 9.17) is 27.6 Å². The molecule has 0 saturated carbocycles. The molecule has 1 fully saturated rings. The van der Waals surface area contributed by atoms with Crippen LogP contribution >= 0.6 is 23.2 Å². The summed E-state index contributed by atoms with van der Waals surface area (Å²) in [5, 5.41) is 11.4. The van der Waals surface area contributed by atoms with Crippen LogP contribution in [0, 0.1) is 6.92 Å². The highest BCUT2D eigenvalue weighted by atomic mass is 35.5. The van der Waals surface area contributed by atoms with Gasteiger partial charge in [0, 0.05) is 18.7 Å². The first-order valence-corrected chi connectivity index (χ1v) is 9.41. The van der Waals surface area contributed by atoms with Gasteiger partial charge in [-0.2, -0.15) is 0 Å². The second-order valence-electron chi connectivity index (χ2n) is 6.87. The van der Waals surface area contributed by atoms with Crippen molar-refractivity contribution in [2.45, 2.75) is 13.0 Å². The van der Waals surface area contributed by atoms with Crippen molar-refractivity contribution in [1.29, 1.82) is 0 Å². The zero-order chi connectivity index (χ0) is 20.6. The summed E-state index contributed by atoms with van der Waals surface area (Å²) in [7, 11) is 3.75. The highest BCUT2D eigenvalue weighted by Gasteiger charge is 2.47. The van der Waals surface area contributed by atoms with E-state index in [0.717, 1.165) is 0 Å². The summed E-state index contributed by atoms with van der Waals surface area (Å²) in [6.07, 6.45) is 0. The summed E-state index contributed by atoms with van der Waals surface area (Å²) in [6.45, 7) is 2.63. The number of carbonyl (C=O) groups excluding carboxylic acids is 2. The smallest absolute Gasteiger partial charge is 0.295 e. The number of aliphatic hydroxyl groups is 1. The fourth-order valence-corrected chi connectivity index (χ4v) is 3.41. The molecule has 2 aromatic rings. The van der Waals surface area contributed by atoms with Crippen LogP contribution in [-0.4, -0.2) is 53.8 Å². The number of benzene rings is 1. The predicted octanol–water partition coefficient (Wildman–Crippen LogP) is 3.88. The van der Waals surface area contributed by atoms with Crippen LogP contribution in [0.15, 0.2) is 40.3 Å². The molecule has 1 aliphatic heterocycles. The van der Waals surface area contributed by atoms with Crippen LogP contribution in [0.5, 0.6) is 0 Å². The average molecular weight is 423 g/mol. The third-order valence-corrected chi connectivity index (χ3v) is 5.29. The first kappa shape index (κ1) is 20.5. The Bertz CT molecular complexity index is 965. The highest BCUT2D eigenvalue weighted by molar-refractivity contribution is 6.46. The van der Waals surface area contributed by atoms with E-state index in [1.54, 1.807) is 25.1 Å². The average Bonchev–Trinajstić information content (AvgIpc) is 3.17. The quantitative estimate of drug-likeness (QED) is 0.449. The van der Waals surface area contributed by atoms with Gasteiger partial charge in [-0.1, -0.05) is 23.2 Å². The molecule has 1 atom stereocenters. The number of likely N-dealkylation sites (tertiary alicyclic amines) is 1. The Morgan fingerprint density at radius 1 is 1.18 bits per heavy atom. The van der Waals surface area contributed by atoms with Gasteiger partial charge in [0.1, 0.15) is 23.3 Å². The summed E-state index contributed by atoms with van der Waals surface area (Å²) in [5.41, 5.74) is 0.268. The number of carbonyl (C=O) groups is 2. The molecule has 148 valence electrons. The predicted molar refractivity (Wildman–Crippen MR) is 107 cm³/mol. The molecule has 1 aromatic carbocycles. The van der Waals surface area contributed by atoms with Crippen LogP contribution in [0.3, 0.4) is 0 Å². The van der Waals surface area contributed by atoms with E-state index >= 15 is 0 Å². The van der Waals surface area contributed by atoms with Gasteiger partial charge in [-0.15, -0.1) is 0 Å². The lowest BCUT2D eigenvalue weighted by atomic mass is 9.99. The largest absolute Gasteiger partial charge is 0.507 e. The highest BCUT2D eigenvalue weighted by Crippen LogP contribution is 2.40. The number of rotatable bonds is 5. The molecule has 1 amide bonds. The van der Waals surface area contributed by atoms with Crippen LogP contribution in [0.1, 0.15) is 23.1 Å². The van der Waals surface area contributed by atoms with Crippen molar-refractivity contribution in [1.82, 2.24) is 9.80 Å². The van der Waals surface area contributed by atoms with Gasteiger partial charge in [0.2, 0.25) is 0 Å². The number of hydrogen-bond donors (Lipinski definition) is 1. The Morgan fingerprint density at radius 2 is 1.89 bits per heavy atom. The summed E-state index contributed by atoms with van der Waals surface area (Å²) < 4.78 is 5.71. The van der Waals surface area contributed by atoms with E-state index in [9.17, 15) is 14.7 Å². The fraction of sp³-hybridized carbons (Fsp3) is 0.300. The molecule has 1 N–H and O–H groups in total. The summed E-state index contributed by atoms with van der Waals surface area (Å²) in [5.74, 6) is -0.702. The molecule has 2 heterocycles. The molecule has 3 rings (SSSR count). The molecule has 1 aromatic heterocycles. The lowest BCUT2D eigenvalue weighted by molar-refractivity contribution is -0.140. The van der Waals surface area contributed by atoms with Crippen LogP contribution in [0.25, 0.3) is 5.76 Å². The lowest BCUT2D eigenvalue weighted by Crippen LogP contribution is -2.35. The van der Waals surface area contributed by atoms with Gasteiger partial charge in [-0.25, -0.2) is 0 Å². The molecule has 1 saturated heterocycles. The number of nitrogens with zero attached hydrogens (tertiary/aromatic N) is 2. The Kier molecular flexibility index (Phi) is 5.84. The van der Waals surface area contributed by atoms with Crippen LogP contribution < -0.4 is 0 Å². The maximum atomic E-state index is 12.8. The number of furan rings is 1. The third-order valence-electron chi connectivity index (χ3n) is 4.55. The maximum Gasteiger partial charge on any atom is 0.295 e. The standard InChI is InChI=1S/C20H20Cl2N2O4/c1-11-4-7-15(28-11)17-16(18(25)12-5-6-13(21)14(22)10-12)19(26)20(27)24(17)9-8-23(2)3/h4-7,10,17,25H,8-9H2,1-3H3/b18-16-. The molecule has 0 spiro atoms. The molecule has 0 radical (unpaired) electrons. The Hall–Kier alpha value is -2.28. The number of hydrogen-bond acceptors (Lipinski definition) is 5. The topological polar surface area (TPSA) is 74.0 Å². The first-order chi connectivity index (χ1) is 13.2. The minimum atomic E-state index is -0.817. The van der Waals surface area contributed by atoms with E-state index < -0.39 is 17.7 Å². The lowest BCUT2D eigenvalue weighted by Gasteiger charge is -2.24. The Balaban J connectivity index is 2.14. The normalized spacial score (nSPS) is 19.1. The number of aryl methyl sites for hydroxylation is 1. The number of likely N-dealkylation sites (N-methyl/N-ethyl adjacent to an activating group) is 1. The third kappa shape index (κ3) is 3.81. The van der Waals surface area contributed by atoms with Crippen molar-refractivity contribution >= 4 is 40.7 Å². The van der Waals surface area contributed by atoms with Crippen molar-refractivity contribution in [2.75, 3.05) is 27.2 Å². The molecular weight excluding hydrogens is 403 g/mol. The van der Waals surface area contributed by atoms with Crippen molar-refractivity contribution in [3.8, 4) is 0 Å². The molecular formula is C20H20Cl2N2O4. The molecule has 1 unspecified atom stereocenters. The summed E-state index contributed by atoms with van der Waals surface area (Å²) in [6, 6.07) is 7.16. The number of amides is 1. The SMILES string of the molecule is Cc1ccc(C2/C(=C(/O)c3ccc(Cl)c(Cl)c3)C(=O)C(=O)N2CCN(C)C)o1. The molecule has 0 bridgehead atoms. The van der Waals surface area contributed by atoms with Gasteiger partial charge < -0.3 is 19.3 Å². The Labute approximate surface area is 172 Å². The van der Waals surface area contributed by atoms with Gasteiger partial charge in [-0.3, -0.25) is 9.59 Å². The second kappa shape index (κ2) is 7.99. The van der Waals surface area contributed by atoms with Crippen LogP contribution in [-0.2, 0) is 9.59 Å². The zero-order valence-electron chi connectivity index (χ0n) is 15.7. The van der Waals surface area contributed by atoms with Crippen molar-refractivity contribution < 1.29 is 19.1 Å². The number of ketones is 1. The molecule has 1 aliphatic rings. The molecule has 28 heavy (non-hydrogen) atoms. The van der Waals surface area contributed by atoms with Gasteiger partial charge in [0.25, 0.3) is 11.7 Å². The monoisotopic (exact) mass is 422 g/mol. The minimum Gasteiger partial charge on any atom is -0.507 e. The van der Waals surface area contributed by atoms with Crippen molar-refractivity contribution in [3.63, 3.8) is 0 Å². The van der Waals surface area contributed by atoms with E-state index in [-0.39, 0.29) is 16.4 Å². The Morgan fingerprint density at radius 3 is 2.46 bits per heavy atom. The second-order valence-corrected chi connectivity index (χ2v) is 7.69. The summed E-state index contributed by atoms with van der Waals surface area (Å²) >= 11 is 12.0. The van der Waals surface area contributed by atoms with Gasteiger partial charge in [0.15, 0.2) is 0 Å². The van der Waals surface area contributed by atoms with E-state index in [2.05, 4.69) is 0 Å². The minimum absolute atomic E-state index is 0.0310. The van der Waals surface area contributed by atoms with Gasteiger partial charge in [0.05, 0.1) is 15.6 Å². The van der Waals surface area contributed by atoms with E-state index in [1.165, 1.54) is 17.0 Å². The van der Waals surface area contributed by atoms with Crippen molar-refractivity contribution in [3.05, 3.63) is 63.0 Å². The van der Waals surface area contributed by atoms with Crippen LogP contribution in [0.2, 0.25) is 10.0 Å². The van der Waals surface area contributed by atoms with Gasteiger partial charge in [-0.05, 0) is 51.4 Å². The van der Waals surface area contributed by atoms with Crippen LogP contribution in [0.4, 0.5) is 0 Å². The van der Waals surface area contributed by atoms with E-state index in [0.29, 0.717) is 35.2 Å². The number of aliphatic hydroxyl groups excluding tert-OH is 1. The first-order valence-electron chi connectivity index (χ1n) is 8.65. The number of halogens is 2. The summed E-state index contributed by atoms with van der Waals surface area (Å²) in [4.78, 5) is 28.8. The molecule has 6 nitrogen and oxygen atoms in total.